The van der Waals surface area contributed by atoms with Crippen LogP contribution in [0.25, 0.3) is 5.52 Å². The van der Waals surface area contributed by atoms with Gasteiger partial charge in [0.25, 0.3) is 0 Å². The van der Waals surface area contributed by atoms with E-state index in [1.54, 1.807) is 10.6 Å². The van der Waals surface area contributed by atoms with E-state index in [2.05, 4.69) is 15.0 Å². The molecule has 2 aromatic heterocycles. The van der Waals surface area contributed by atoms with Gasteiger partial charge >= 0.3 is 0 Å². The fraction of sp³-hybridized carbons (Fsp3) is 0.462. The largest absolute Gasteiger partial charge is 0.394 e. The number of nitrogens with zero attached hydrogens (tertiary/aromatic N) is 4. The van der Waals surface area contributed by atoms with Crippen LogP contribution in [0.4, 0.5) is 5.82 Å². The minimum absolute atomic E-state index is 0.104. The molecule has 6 heteroatoms. The summed E-state index contributed by atoms with van der Waals surface area (Å²) < 4.78 is 1.62. The number of carbonyl (C=O) groups excluding carboxylic acids is 1. The Balaban J connectivity index is 2.17. The predicted molar refractivity (Wildman–Crippen MR) is 70.6 cm³/mol. The van der Waals surface area contributed by atoms with E-state index in [0.29, 0.717) is 11.5 Å². The van der Waals surface area contributed by atoms with Crippen molar-refractivity contribution in [1.82, 2.24) is 14.6 Å². The summed E-state index contributed by atoms with van der Waals surface area (Å²) in [6.07, 6.45) is 2.80. The Kier molecular flexibility index (Phi) is 2.94. The highest BCUT2D eigenvalue weighted by Gasteiger charge is 2.27. The third-order valence-corrected chi connectivity index (χ3v) is 3.61. The highest BCUT2D eigenvalue weighted by molar-refractivity contribution is 5.79. The highest BCUT2D eigenvalue weighted by atomic mass is 16.3. The first-order chi connectivity index (χ1) is 9.24. The maximum atomic E-state index is 11.0. The summed E-state index contributed by atoms with van der Waals surface area (Å²) in [5.41, 5.74) is 1.33. The second-order valence-corrected chi connectivity index (χ2v) is 4.83. The van der Waals surface area contributed by atoms with Crippen LogP contribution in [0.3, 0.4) is 0 Å². The minimum Gasteiger partial charge on any atom is -0.394 e. The zero-order valence-electron chi connectivity index (χ0n) is 10.8. The lowest BCUT2D eigenvalue weighted by Crippen LogP contribution is -2.33. The molecule has 0 saturated carbocycles. The topological polar surface area (TPSA) is 70.7 Å². The van der Waals surface area contributed by atoms with Crippen LogP contribution >= 0.6 is 0 Å². The fourth-order valence-corrected chi connectivity index (χ4v) is 2.71. The fourth-order valence-electron chi connectivity index (χ4n) is 2.71. The van der Waals surface area contributed by atoms with Gasteiger partial charge in [0.15, 0.2) is 12.1 Å². The molecule has 6 nitrogen and oxygen atoms in total. The van der Waals surface area contributed by atoms with Crippen molar-refractivity contribution in [3.05, 3.63) is 23.7 Å². The standard InChI is InChI=1S/C13H16N4O2/c1-9-14-13(16-6-2-3-10(16)7-18)12-5-4-11(8-19)17(12)15-9/h4-5,8,10,18H,2-3,6-7H2,1H3/t10-/m0/s1. The monoisotopic (exact) mass is 260 g/mol. The SMILES string of the molecule is Cc1nc(N2CCC[C@H]2CO)c2ccc(C=O)n2n1. The number of carbonyl (C=O) groups is 1. The molecule has 1 atom stereocenters. The first-order valence-corrected chi connectivity index (χ1v) is 6.43. The van der Waals surface area contributed by atoms with Gasteiger partial charge in [0, 0.05) is 6.54 Å². The number of hydrogen-bond acceptors (Lipinski definition) is 5. The third-order valence-electron chi connectivity index (χ3n) is 3.61. The van der Waals surface area contributed by atoms with Gasteiger partial charge in [-0.15, -0.1) is 0 Å². The Hall–Kier alpha value is -1.95. The quantitative estimate of drug-likeness (QED) is 0.827. The van der Waals surface area contributed by atoms with E-state index in [4.69, 9.17) is 0 Å². The Morgan fingerprint density at radius 1 is 1.53 bits per heavy atom. The van der Waals surface area contributed by atoms with E-state index in [1.807, 2.05) is 13.0 Å². The summed E-state index contributed by atoms with van der Waals surface area (Å²) in [5, 5.41) is 13.7. The van der Waals surface area contributed by atoms with Crippen molar-refractivity contribution >= 4 is 17.6 Å². The van der Waals surface area contributed by atoms with Crippen molar-refractivity contribution in [3.63, 3.8) is 0 Å². The van der Waals surface area contributed by atoms with Gasteiger partial charge < -0.3 is 10.0 Å². The molecule has 1 aliphatic rings. The number of aliphatic hydroxyl groups excluding tert-OH is 1. The Morgan fingerprint density at radius 2 is 2.37 bits per heavy atom. The Bertz CT molecular complexity index is 622. The number of aliphatic hydroxyl groups is 1. The normalized spacial score (nSPS) is 19.3. The number of aldehydes is 1. The van der Waals surface area contributed by atoms with Crippen LogP contribution in [0, 0.1) is 6.92 Å². The van der Waals surface area contributed by atoms with Gasteiger partial charge in [0.2, 0.25) is 0 Å². The van der Waals surface area contributed by atoms with E-state index in [0.717, 1.165) is 37.0 Å². The molecule has 100 valence electrons. The van der Waals surface area contributed by atoms with Crippen molar-refractivity contribution in [1.29, 1.82) is 0 Å². The zero-order chi connectivity index (χ0) is 13.4. The van der Waals surface area contributed by atoms with E-state index in [-0.39, 0.29) is 12.6 Å². The molecule has 1 N–H and O–H groups in total. The van der Waals surface area contributed by atoms with Gasteiger partial charge in [-0.25, -0.2) is 9.50 Å². The van der Waals surface area contributed by atoms with Gasteiger partial charge in [-0.05, 0) is 31.9 Å². The van der Waals surface area contributed by atoms with Crippen LogP contribution in [-0.2, 0) is 0 Å². The van der Waals surface area contributed by atoms with Gasteiger partial charge in [-0.2, -0.15) is 5.10 Å². The third kappa shape index (κ3) is 1.88. The van der Waals surface area contributed by atoms with Crippen molar-refractivity contribution in [2.45, 2.75) is 25.8 Å². The molecular weight excluding hydrogens is 244 g/mol. The molecule has 0 spiro atoms. The lowest BCUT2D eigenvalue weighted by Gasteiger charge is -2.24. The molecule has 2 aromatic rings. The van der Waals surface area contributed by atoms with Crippen molar-refractivity contribution < 1.29 is 9.90 Å². The molecule has 0 bridgehead atoms. The zero-order valence-corrected chi connectivity index (χ0v) is 10.8. The summed E-state index contributed by atoms with van der Waals surface area (Å²) in [4.78, 5) is 17.6. The van der Waals surface area contributed by atoms with E-state index >= 15 is 0 Å². The second kappa shape index (κ2) is 4.62. The van der Waals surface area contributed by atoms with E-state index in [1.165, 1.54) is 0 Å². The number of aromatic nitrogens is 3. The van der Waals surface area contributed by atoms with E-state index in [9.17, 15) is 9.90 Å². The molecule has 0 radical (unpaired) electrons. The average molecular weight is 260 g/mol. The van der Waals surface area contributed by atoms with Gasteiger partial charge in [-0.1, -0.05) is 0 Å². The van der Waals surface area contributed by atoms with Crippen LogP contribution in [0.1, 0.15) is 29.2 Å². The molecule has 1 saturated heterocycles. The molecule has 19 heavy (non-hydrogen) atoms. The molecule has 0 aromatic carbocycles. The summed E-state index contributed by atoms with van der Waals surface area (Å²) >= 11 is 0. The minimum atomic E-state index is 0.104. The molecular formula is C13H16N4O2. The number of anilines is 1. The van der Waals surface area contributed by atoms with Crippen LogP contribution in [-0.4, -0.2) is 45.2 Å². The Labute approximate surface area is 110 Å². The second-order valence-electron chi connectivity index (χ2n) is 4.83. The van der Waals surface area contributed by atoms with Crippen LogP contribution in [0.15, 0.2) is 12.1 Å². The van der Waals surface area contributed by atoms with Gasteiger partial charge in [0.1, 0.15) is 17.0 Å². The number of hydrogen-bond donors (Lipinski definition) is 1. The molecule has 1 fully saturated rings. The summed E-state index contributed by atoms with van der Waals surface area (Å²) in [5.74, 6) is 1.42. The van der Waals surface area contributed by atoms with Crippen molar-refractivity contribution in [2.75, 3.05) is 18.1 Å². The number of fused-ring (bicyclic) bond motifs is 1. The number of aryl methyl sites for hydroxylation is 1. The van der Waals surface area contributed by atoms with Crippen molar-refractivity contribution in [3.8, 4) is 0 Å². The van der Waals surface area contributed by atoms with Crippen LogP contribution in [0.5, 0.6) is 0 Å². The average Bonchev–Trinajstić information content (AvgIpc) is 3.03. The first kappa shape index (κ1) is 12.1. The lowest BCUT2D eigenvalue weighted by molar-refractivity contribution is 0.111. The summed E-state index contributed by atoms with van der Waals surface area (Å²) in [6, 6.07) is 3.70. The molecule has 1 aliphatic heterocycles. The highest BCUT2D eigenvalue weighted by Crippen LogP contribution is 2.28. The first-order valence-electron chi connectivity index (χ1n) is 6.43. The van der Waals surface area contributed by atoms with Gasteiger partial charge in [-0.3, -0.25) is 4.79 Å². The molecule has 0 amide bonds. The maximum absolute atomic E-state index is 11.0. The summed E-state index contributed by atoms with van der Waals surface area (Å²) in [7, 11) is 0. The van der Waals surface area contributed by atoms with Gasteiger partial charge in [0.05, 0.1) is 12.6 Å². The summed E-state index contributed by atoms with van der Waals surface area (Å²) in [6.45, 7) is 2.80. The molecule has 3 rings (SSSR count). The van der Waals surface area contributed by atoms with Crippen molar-refractivity contribution in [2.24, 2.45) is 0 Å². The smallest absolute Gasteiger partial charge is 0.168 e. The Morgan fingerprint density at radius 3 is 3.11 bits per heavy atom. The lowest BCUT2D eigenvalue weighted by atomic mass is 10.2. The van der Waals surface area contributed by atoms with Crippen LogP contribution in [0.2, 0.25) is 0 Å². The van der Waals surface area contributed by atoms with Crippen LogP contribution < -0.4 is 4.90 Å². The van der Waals surface area contributed by atoms with E-state index < -0.39 is 0 Å². The molecule has 0 unspecified atom stereocenters. The molecule has 3 heterocycles. The number of rotatable bonds is 3. The molecule has 0 aliphatic carbocycles. The predicted octanol–water partition coefficient (Wildman–Crippen LogP) is 0.811. The maximum Gasteiger partial charge on any atom is 0.168 e.